The molecule has 0 aliphatic heterocycles. The summed E-state index contributed by atoms with van der Waals surface area (Å²) in [5.41, 5.74) is 1.41. The summed E-state index contributed by atoms with van der Waals surface area (Å²) < 4.78 is 0. The van der Waals surface area contributed by atoms with Crippen molar-refractivity contribution in [2.45, 2.75) is 50.8 Å². The summed E-state index contributed by atoms with van der Waals surface area (Å²) in [6.45, 7) is 4.11. The minimum absolute atomic E-state index is 0.0234. The highest BCUT2D eigenvalue weighted by Gasteiger charge is 2.15. The molecule has 1 aromatic carbocycles. The van der Waals surface area contributed by atoms with E-state index in [0.29, 0.717) is 12.0 Å². The quantitative estimate of drug-likeness (QED) is 0.557. The van der Waals surface area contributed by atoms with Gasteiger partial charge in [-0.05, 0) is 37.1 Å². The molecule has 0 heterocycles. The number of nitrogens with one attached hydrogen (secondary N) is 1. The predicted octanol–water partition coefficient (Wildman–Crippen LogP) is 4.56. The van der Waals surface area contributed by atoms with Crippen molar-refractivity contribution in [1.82, 2.24) is 0 Å². The fourth-order valence-corrected chi connectivity index (χ4v) is 2.57. The van der Waals surface area contributed by atoms with E-state index in [1.165, 1.54) is 0 Å². The first-order chi connectivity index (χ1) is 9.58. The molecule has 1 atom stereocenters. The number of halogens is 1. The number of rotatable bonds is 8. The van der Waals surface area contributed by atoms with E-state index >= 15 is 0 Å². The first-order valence-electron chi connectivity index (χ1n) is 7.16. The number of Topliss-reactive ketones (excluding diaryl/α,β-unsaturated/α-hetero) is 1. The first kappa shape index (κ1) is 16.9. The van der Waals surface area contributed by atoms with Crippen molar-refractivity contribution >= 4 is 33.3 Å². The highest BCUT2D eigenvalue weighted by Crippen LogP contribution is 2.17. The molecule has 0 aromatic heterocycles. The topological polar surface area (TPSA) is 46.2 Å². The molecule has 0 radical (unpaired) electrons. The summed E-state index contributed by atoms with van der Waals surface area (Å²) in [7, 11) is 0. The molecule has 1 aromatic rings. The van der Waals surface area contributed by atoms with Gasteiger partial charge in [-0.15, -0.1) is 0 Å². The van der Waals surface area contributed by atoms with Gasteiger partial charge in [0.05, 0.1) is 4.83 Å². The van der Waals surface area contributed by atoms with Gasteiger partial charge < -0.3 is 5.32 Å². The Morgan fingerprint density at radius 3 is 2.35 bits per heavy atom. The Balaban J connectivity index is 2.60. The number of anilines is 1. The van der Waals surface area contributed by atoms with Crippen molar-refractivity contribution in [3.8, 4) is 0 Å². The van der Waals surface area contributed by atoms with E-state index in [9.17, 15) is 9.59 Å². The largest absolute Gasteiger partial charge is 0.326 e. The molecule has 1 N–H and O–H groups in total. The van der Waals surface area contributed by atoms with Crippen LogP contribution in [0.15, 0.2) is 24.3 Å². The second-order valence-corrected chi connectivity index (χ2v) is 5.95. The summed E-state index contributed by atoms with van der Waals surface area (Å²) in [4.78, 5) is 23.5. The lowest BCUT2D eigenvalue weighted by molar-refractivity contribution is -0.116. The van der Waals surface area contributed by atoms with E-state index in [1.807, 2.05) is 0 Å². The highest BCUT2D eigenvalue weighted by molar-refractivity contribution is 9.10. The standard InChI is InChI=1S/C16H22BrNO2/c1-3-5-7-15(19)18-13-10-8-12(9-11-13)16(20)14(17)6-4-2/h8-11,14H,3-7H2,1-2H3,(H,18,19). The number of ketones is 1. The number of unbranched alkanes of at least 4 members (excludes halogenated alkanes) is 1. The third-order valence-corrected chi connectivity index (χ3v) is 3.91. The third-order valence-electron chi connectivity index (χ3n) is 3.04. The van der Waals surface area contributed by atoms with Crippen LogP contribution < -0.4 is 5.32 Å². The van der Waals surface area contributed by atoms with Gasteiger partial charge in [0.15, 0.2) is 5.78 Å². The van der Waals surface area contributed by atoms with Crippen molar-refractivity contribution in [2.24, 2.45) is 0 Å². The molecule has 1 unspecified atom stereocenters. The van der Waals surface area contributed by atoms with Crippen LogP contribution in [0.3, 0.4) is 0 Å². The maximum atomic E-state index is 12.1. The van der Waals surface area contributed by atoms with Gasteiger partial charge >= 0.3 is 0 Å². The van der Waals surface area contributed by atoms with Crippen LogP contribution in [0.2, 0.25) is 0 Å². The zero-order chi connectivity index (χ0) is 15.0. The number of alkyl halides is 1. The molecule has 0 fully saturated rings. The Morgan fingerprint density at radius 2 is 1.80 bits per heavy atom. The fraction of sp³-hybridized carbons (Fsp3) is 0.500. The zero-order valence-electron chi connectivity index (χ0n) is 12.1. The second kappa shape index (κ2) is 8.90. The van der Waals surface area contributed by atoms with Gasteiger partial charge in [-0.2, -0.15) is 0 Å². The van der Waals surface area contributed by atoms with Crippen LogP contribution in [0.4, 0.5) is 5.69 Å². The summed E-state index contributed by atoms with van der Waals surface area (Å²) in [6.07, 6.45) is 4.23. The Hall–Kier alpha value is -1.16. The van der Waals surface area contributed by atoms with Crippen LogP contribution in [0.25, 0.3) is 0 Å². The van der Waals surface area contributed by atoms with Gasteiger partial charge in [0.25, 0.3) is 0 Å². The molecule has 110 valence electrons. The average molecular weight is 340 g/mol. The average Bonchev–Trinajstić information content (AvgIpc) is 2.45. The van der Waals surface area contributed by atoms with Gasteiger partial charge in [-0.25, -0.2) is 0 Å². The van der Waals surface area contributed by atoms with Crippen LogP contribution in [-0.2, 0) is 4.79 Å². The molecular formula is C16H22BrNO2. The maximum Gasteiger partial charge on any atom is 0.224 e. The molecule has 1 amide bonds. The van der Waals surface area contributed by atoms with Crippen molar-refractivity contribution in [1.29, 1.82) is 0 Å². The minimum Gasteiger partial charge on any atom is -0.326 e. The molecule has 0 aliphatic rings. The molecule has 4 heteroatoms. The molecule has 0 spiro atoms. The van der Waals surface area contributed by atoms with Crippen molar-refractivity contribution in [2.75, 3.05) is 5.32 Å². The molecule has 0 aliphatic carbocycles. The molecule has 0 saturated heterocycles. The van der Waals surface area contributed by atoms with Gasteiger partial charge in [-0.3, -0.25) is 9.59 Å². The monoisotopic (exact) mass is 339 g/mol. The van der Waals surface area contributed by atoms with E-state index in [1.54, 1.807) is 24.3 Å². The number of carbonyl (C=O) groups excluding carboxylic acids is 2. The lowest BCUT2D eigenvalue weighted by Crippen LogP contribution is -2.14. The van der Waals surface area contributed by atoms with E-state index < -0.39 is 0 Å². The zero-order valence-corrected chi connectivity index (χ0v) is 13.7. The number of carbonyl (C=O) groups is 2. The summed E-state index contributed by atoms with van der Waals surface area (Å²) in [6, 6.07) is 7.09. The number of hydrogen-bond acceptors (Lipinski definition) is 2. The van der Waals surface area contributed by atoms with Gasteiger partial charge in [0.1, 0.15) is 0 Å². The van der Waals surface area contributed by atoms with Crippen molar-refractivity contribution in [3.63, 3.8) is 0 Å². The smallest absolute Gasteiger partial charge is 0.224 e. The van der Waals surface area contributed by atoms with Crippen LogP contribution in [0.5, 0.6) is 0 Å². The lowest BCUT2D eigenvalue weighted by Gasteiger charge is -2.09. The second-order valence-electron chi connectivity index (χ2n) is 4.85. The van der Waals surface area contributed by atoms with Crippen molar-refractivity contribution in [3.05, 3.63) is 29.8 Å². The molecular weight excluding hydrogens is 318 g/mol. The Bertz CT molecular complexity index is 442. The van der Waals surface area contributed by atoms with Gasteiger partial charge in [-0.1, -0.05) is 42.6 Å². The van der Waals surface area contributed by atoms with Crippen LogP contribution in [0, 0.1) is 0 Å². The van der Waals surface area contributed by atoms with E-state index in [4.69, 9.17) is 0 Å². The Morgan fingerprint density at radius 1 is 1.15 bits per heavy atom. The van der Waals surface area contributed by atoms with Crippen LogP contribution in [-0.4, -0.2) is 16.5 Å². The Kier molecular flexibility index (Phi) is 7.52. The minimum atomic E-state index is -0.127. The Labute approximate surface area is 129 Å². The normalized spacial score (nSPS) is 11.9. The maximum absolute atomic E-state index is 12.1. The number of benzene rings is 1. The number of hydrogen-bond donors (Lipinski definition) is 1. The van der Waals surface area contributed by atoms with E-state index in [0.717, 1.165) is 31.4 Å². The lowest BCUT2D eigenvalue weighted by atomic mass is 10.1. The third kappa shape index (κ3) is 5.45. The summed E-state index contributed by atoms with van der Waals surface area (Å²) in [5, 5.41) is 2.84. The van der Waals surface area contributed by atoms with Gasteiger partial charge in [0.2, 0.25) is 5.91 Å². The molecule has 0 bridgehead atoms. The van der Waals surface area contributed by atoms with E-state index in [-0.39, 0.29) is 16.5 Å². The van der Waals surface area contributed by atoms with E-state index in [2.05, 4.69) is 35.1 Å². The van der Waals surface area contributed by atoms with Gasteiger partial charge in [0, 0.05) is 17.7 Å². The highest BCUT2D eigenvalue weighted by atomic mass is 79.9. The first-order valence-corrected chi connectivity index (χ1v) is 8.08. The molecule has 1 rings (SSSR count). The van der Waals surface area contributed by atoms with Crippen molar-refractivity contribution < 1.29 is 9.59 Å². The summed E-state index contributed by atoms with van der Waals surface area (Å²) >= 11 is 3.41. The van der Waals surface area contributed by atoms with Crippen LogP contribution >= 0.6 is 15.9 Å². The summed E-state index contributed by atoms with van der Waals surface area (Å²) in [5.74, 6) is 0.117. The predicted molar refractivity (Wildman–Crippen MR) is 86.6 cm³/mol. The molecule has 0 saturated carbocycles. The fourth-order valence-electron chi connectivity index (χ4n) is 1.84. The molecule has 20 heavy (non-hydrogen) atoms. The number of amides is 1. The SMILES string of the molecule is CCCCC(=O)Nc1ccc(C(=O)C(Br)CCC)cc1. The molecule has 3 nitrogen and oxygen atoms in total. The van der Waals surface area contributed by atoms with Crippen LogP contribution in [0.1, 0.15) is 56.3 Å².